The number of benzene rings is 1. The Labute approximate surface area is 177 Å². The van der Waals surface area contributed by atoms with Gasteiger partial charge in [-0.3, -0.25) is 9.59 Å². The highest BCUT2D eigenvalue weighted by Crippen LogP contribution is 2.37. The highest BCUT2D eigenvalue weighted by molar-refractivity contribution is 5.81. The van der Waals surface area contributed by atoms with Crippen molar-refractivity contribution in [1.82, 2.24) is 19.8 Å². The number of carbonyl (C=O) groups is 2. The van der Waals surface area contributed by atoms with E-state index in [1.165, 1.54) is 0 Å². The number of nitrogens with two attached hydrogens (primary N) is 1. The molecule has 1 aromatic carbocycles. The number of nitrogen functional groups attached to an aromatic ring is 1. The Hall–Kier alpha value is -2.96. The zero-order valence-corrected chi connectivity index (χ0v) is 17.5. The predicted molar refractivity (Wildman–Crippen MR) is 115 cm³/mol. The van der Waals surface area contributed by atoms with Crippen molar-refractivity contribution in [2.24, 2.45) is 5.92 Å². The van der Waals surface area contributed by atoms with Crippen molar-refractivity contribution in [3.8, 4) is 11.1 Å². The lowest BCUT2D eigenvalue weighted by Gasteiger charge is -2.40. The fourth-order valence-corrected chi connectivity index (χ4v) is 4.66. The molecule has 2 fully saturated rings. The Morgan fingerprint density at radius 3 is 2.47 bits per heavy atom. The zero-order chi connectivity index (χ0) is 21.1. The third-order valence-corrected chi connectivity index (χ3v) is 6.31. The van der Waals surface area contributed by atoms with Crippen LogP contribution in [0, 0.1) is 5.92 Å². The molecular weight excluding hydrogens is 378 g/mol. The molecule has 4 rings (SSSR count). The number of amides is 2. The van der Waals surface area contributed by atoms with Crippen LogP contribution in [0.3, 0.4) is 0 Å². The third kappa shape index (κ3) is 4.15. The molecule has 0 saturated carbocycles. The molecule has 158 valence electrons. The van der Waals surface area contributed by atoms with Crippen LogP contribution in [0.15, 0.2) is 36.5 Å². The molecule has 2 aliphatic rings. The van der Waals surface area contributed by atoms with E-state index in [0.717, 1.165) is 55.5 Å². The molecule has 2 amide bonds. The highest BCUT2D eigenvalue weighted by atomic mass is 16.2. The molecule has 3 heterocycles. The first-order valence-corrected chi connectivity index (χ1v) is 10.8. The lowest BCUT2D eigenvalue weighted by atomic mass is 9.90. The number of carbonyl (C=O) groups excluding carboxylic acids is 2. The number of hydrogen-bond donors (Lipinski definition) is 1. The summed E-state index contributed by atoms with van der Waals surface area (Å²) in [5.41, 5.74) is 8.75. The average Bonchev–Trinajstić information content (AvgIpc) is 2.79. The van der Waals surface area contributed by atoms with Crippen molar-refractivity contribution in [2.75, 3.05) is 25.4 Å². The number of anilines is 1. The summed E-state index contributed by atoms with van der Waals surface area (Å²) in [6.45, 7) is 3.63. The summed E-state index contributed by atoms with van der Waals surface area (Å²) in [7, 11) is 0. The van der Waals surface area contributed by atoms with Crippen LogP contribution < -0.4 is 5.73 Å². The van der Waals surface area contributed by atoms with Gasteiger partial charge in [-0.1, -0.05) is 30.3 Å². The van der Waals surface area contributed by atoms with Crippen LogP contribution in [0.2, 0.25) is 0 Å². The van der Waals surface area contributed by atoms with Crippen LogP contribution in [0.25, 0.3) is 11.1 Å². The second-order valence-corrected chi connectivity index (χ2v) is 8.22. The molecule has 0 bridgehead atoms. The minimum atomic E-state index is -0.0995. The van der Waals surface area contributed by atoms with Gasteiger partial charge in [0.15, 0.2) is 0 Å². The van der Waals surface area contributed by atoms with Crippen LogP contribution in [0.1, 0.15) is 50.8 Å². The lowest BCUT2D eigenvalue weighted by Crippen LogP contribution is -2.46. The number of aromatic nitrogens is 2. The number of nitrogens with zero attached hydrogens (tertiary/aromatic N) is 4. The summed E-state index contributed by atoms with van der Waals surface area (Å²) >= 11 is 0. The third-order valence-electron chi connectivity index (χ3n) is 6.31. The maximum Gasteiger partial charge on any atom is 0.226 e. The van der Waals surface area contributed by atoms with Crippen molar-refractivity contribution < 1.29 is 9.59 Å². The van der Waals surface area contributed by atoms with Crippen LogP contribution in [0.5, 0.6) is 0 Å². The molecule has 0 spiro atoms. The summed E-state index contributed by atoms with van der Waals surface area (Å²) in [5.74, 6) is 0.456. The highest BCUT2D eigenvalue weighted by Gasteiger charge is 2.36. The second-order valence-electron chi connectivity index (χ2n) is 8.22. The first-order valence-electron chi connectivity index (χ1n) is 10.8. The molecule has 0 aliphatic carbocycles. The molecular formula is C23H29N5O2. The fourth-order valence-electron chi connectivity index (χ4n) is 4.66. The van der Waals surface area contributed by atoms with Gasteiger partial charge >= 0.3 is 0 Å². The van der Waals surface area contributed by atoms with E-state index in [9.17, 15) is 9.59 Å². The van der Waals surface area contributed by atoms with E-state index in [4.69, 9.17) is 5.73 Å². The lowest BCUT2D eigenvalue weighted by molar-refractivity contribution is -0.143. The van der Waals surface area contributed by atoms with Gasteiger partial charge in [-0.15, -0.1) is 0 Å². The van der Waals surface area contributed by atoms with Crippen LogP contribution in [-0.4, -0.2) is 51.2 Å². The quantitative estimate of drug-likeness (QED) is 0.844. The van der Waals surface area contributed by atoms with Crippen LogP contribution in [0.4, 0.5) is 5.95 Å². The van der Waals surface area contributed by atoms with Gasteiger partial charge in [-0.2, -0.15) is 0 Å². The van der Waals surface area contributed by atoms with Gasteiger partial charge in [0.25, 0.3) is 0 Å². The normalized spacial score (nSPS) is 20.2. The van der Waals surface area contributed by atoms with Gasteiger partial charge < -0.3 is 15.5 Å². The summed E-state index contributed by atoms with van der Waals surface area (Å²) in [6.07, 6.45) is 6.13. The summed E-state index contributed by atoms with van der Waals surface area (Å²) < 4.78 is 0. The van der Waals surface area contributed by atoms with Gasteiger partial charge in [-0.05, 0) is 37.7 Å². The Bertz CT molecular complexity index is 909. The minimum Gasteiger partial charge on any atom is -0.368 e. The van der Waals surface area contributed by atoms with E-state index < -0.39 is 0 Å². The topological polar surface area (TPSA) is 92.4 Å². The molecule has 0 radical (unpaired) electrons. The van der Waals surface area contributed by atoms with E-state index in [2.05, 4.69) is 9.97 Å². The maximum absolute atomic E-state index is 13.5. The van der Waals surface area contributed by atoms with Gasteiger partial charge in [0, 0.05) is 44.2 Å². The summed E-state index contributed by atoms with van der Waals surface area (Å²) in [5, 5.41) is 0. The first kappa shape index (κ1) is 20.3. The molecule has 7 nitrogen and oxygen atoms in total. The maximum atomic E-state index is 13.5. The van der Waals surface area contributed by atoms with Crippen molar-refractivity contribution in [3.63, 3.8) is 0 Å². The van der Waals surface area contributed by atoms with Gasteiger partial charge in [0.05, 0.1) is 11.7 Å². The fraction of sp³-hybridized carbons (Fsp3) is 0.478. The van der Waals surface area contributed by atoms with Crippen molar-refractivity contribution in [1.29, 1.82) is 0 Å². The molecule has 2 saturated heterocycles. The first-order chi connectivity index (χ1) is 14.5. The standard InChI is InChI=1S/C23H29N5O2/c1-16(29)27-13-10-18(11-14-27)22(30)28-12-6-5-9-20(28)21-19(15-25-23(24)26-21)17-7-3-2-4-8-17/h2-4,7-8,15,18,20H,5-6,9-14H2,1H3,(H2,24,25,26)/t20-/m1/s1. The molecule has 1 atom stereocenters. The summed E-state index contributed by atoms with van der Waals surface area (Å²) in [6, 6.07) is 9.92. The molecule has 0 unspecified atom stereocenters. The monoisotopic (exact) mass is 407 g/mol. The van der Waals surface area contributed by atoms with E-state index in [-0.39, 0.29) is 29.7 Å². The molecule has 7 heteroatoms. The molecule has 30 heavy (non-hydrogen) atoms. The van der Waals surface area contributed by atoms with E-state index in [1.807, 2.05) is 40.1 Å². The molecule has 2 N–H and O–H groups in total. The van der Waals surface area contributed by atoms with Crippen molar-refractivity contribution >= 4 is 17.8 Å². The average molecular weight is 408 g/mol. The number of hydrogen-bond acceptors (Lipinski definition) is 5. The summed E-state index contributed by atoms with van der Waals surface area (Å²) in [4.78, 5) is 37.8. The van der Waals surface area contributed by atoms with E-state index >= 15 is 0 Å². The predicted octanol–water partition coefficient (Wildman–Crippen LogP) is 3.04. The van der Waals surface area contributed by atoms with Crippen LogP contribution in [-0.2, 0) is 9.59 Å². The Morgan fingerprint density at radius 1 is 1.03 bits per heavy atom. The zero-order valence-electron chi connectivity index (χ0n) is 17.5. The van der Waals surface area contributed by atoms with Gasteiger partial charge in [-0.25, -0.2) is 9.97 Å². The largest absolute Gasteiger partial charge is 0.368 e. The molecule has 2 aliphatic heterocycles. The Morgan fingerprint density at radius 2 is 1.77 bits per heavy atom. The van der Waals surface area contributed by atoms with Gasteiger partial charge in [0.2, 0.25) is 17.8 Å². The minimum absolute atomic E-state index is 0.0411. The molecule has 2 aromatic rings. The number of rotatable bonds is 3. The number of piperidine rings is 2. The van der Waals surface area contributed by atoms with Crippen molar-refractivity contribution in [2.45, 2.75) is 45.1 Å². The van der Waals surface area contributed by atoms with Crippen LogP contribution >= 0.6 is 0 Å². The second kappa shape index (κ2) is 8.81. The Balaban J connectivity index is 1.61. The number of likely N-dealkylation sites (tertiary alicyclic amines) is 2. The molecule has 1 aromatic heterocycles. The van der Waals surface area contributed by atoms with E-state index in [0.29, 0.717) is 13.1 Å². The SMILES string of the molecule is CC(=O)N1CCC(C(=O)N2CCCC[C@@H]2c2nc(N)ncc2-c2ccccc2)CC1. The van der Waals surface area contributed by atoms with E-state index in [1.54, 1.807) is 13.1 Å². The smallest absolute Gasteiger partial charge is 0.226 e. The van der Waals surface area contributed by atoms with Crippen molar-refractivity contribution in [3.05, 3.63) is 42.2 Å². The Kier molecular flexibility index (Phi) is 5.97. The van der Waals surface area contributed by atoms with Gasteiger partial charge in [0.1, 0.15) is 0 Å².